The second kappa shape index (κ2) is 6.46. The van der Waals surface area contributed by atoms with Crippen molar-refractivity contribution in [1.29, 1.82) is 0 Å². The van der Waals surface area contributed by atoms with E-state index in [9.17, 15) is 18.0 Å². The Hall–Kier alpha value is -2.64. The van der Waals surface area contributed by atoms with E-state index in [1.54, 1.807) is 25.5 Å². The summed E-state index contributed by atoms with van der Waals surface area (Å²) in [5.41, 5.74) is 1.65. The van der Waals surface area contributed by atoms with E-state index < -0.39 is 11.7 Å². The van der Waals surface area contributed by atoms with Gasteiger partial charge < -0.3 is 4.57 Å². The Bertz CT molecular complexity index is 825. The van der Waals surface area contributed by atoms with Crippen molar-refractivity contribution in [3.05, 3.63) is 40.4 Å². The Morgan fingerprint density at radius 2 is 1.96 bits per heavy atom. The minimum Gasteiger partial charge on any atom is -0.329 e. The maximum absolute atomic E-state index is 12.8. The van der Waals surface area contributed by atoms with E-state index >= 15 is 0 Å². The molecule has 0 spiro atoms. The summed E-state index contributed by atoms with van der Waals surface area (Å²) in [6, 6.07) is 0. The smallest absolute Gasteiger partial charge is 0.329 e. The molecular formula is C16H17F3N4O. The standard InChI is InChI=1S/C16H17F3N4O/c1-5-11(16(17,18)19)6-7-13-10(3)23(4)15(20-13)14-12(8-24)9(2)21-22-14/h5-8H,1-4H3,(H,21,22)/b7-6-,11-5+. The van der Waals surface area contributed by atoms with Crippen LogP contribution >= 0.6 is 0 Å². The van der Waals surface area contributed by atoms with Gasteiger partial charge in [-0.3, -0.25) is 9.89 Å². The minimum absolute atomic E-state index is 0.370. The first-order valence-electron chi connectivity index (χ1n) is 7.16. The fraction of sp³-hybridized carbons (Fsp3) is 0.312. The van der Waals surface area contributed by atoms with Crippen LogP contribution in [-0.4, -0.2) is 32.2 Å². The number of aromatic amines is 1. The third-order valence-electron chi connectivity index (χ3n) is 3.80. The quantitative estimate of drug-likeness (QED) is 0.682. The monoisotopic (exact) mass is 338 g/mol. The maximum Gasteiger partial charge on any atom is 0.416 e. The van der Waals surface area contributed by atoms with Gasteiger partial charge in [-0.2, -0.15) is 18.3 Å². The van der Waals surface area contributed by atoms with Crippen molar-refractivity contribution in [2.45, 2.75) is 26.9 Å². The van der Waals surface area contributed by atoms with Gasteiger partial charge in [-0.25, -0.2) is 4.98 Å². The summed E-state index contributed by atoms with van der Waals surface area (Å²) in [4.78, 5) is 15.5. The number of halogens is 3. The molecule has 0 saturated heterocycles. The number of alkyl halides is 3. The van der Waals surface area contributed by atoms with Gasteiger partial charge in [0.2, 0.25) is 0 Å². The van der Waals surface area contributed by atoms with Crippen LogP contribution in [0.5, 0.6) is 0 Å². The van der Waals surface area contributed by atoms with Crippen LogP contribution in [0.15, 0.2) is 17.7 Å². The summed E-state index contributed by atoms with van der Waals surface area (Å²) in [6.07, 6.45) is -0.454. The molecule has 0 bridgehead atoms. The van der Waals surface area contributed by atoms with Crippen LogP contribution < -0.4 is 0 Å². The van der Waals surface area contributed by atoms with E-state index in [4.69, 9.17) is 0 Å². The Morgan fingerprint density at radius 3 is 2.50 bits per heavy atom. The van der Waals surface area contributed by atoms with Crippen molar-refractivity contribution < 1.29 is 18.0 Å². The molecule has 5 nitrogen and oxygen atoms in total. The molecule has 0 atom stereocenters. The normalized spacial score (nSPS) is 13.0. The van der Waals surface area contributed by atoms with Crippen LogP contribution in [0.3, 0.4) is 0 Å². The molecule has 0 aliphatic rings. The van der Waals surface area contributed by atoms with Crippen LogP contribution in [0.25, 0.3) is 17.6 Å². The third kappa shape index (κ3) is 3.17. The van der Waals surface area contributed by atoms with Gasteiger partial charge in [-0.05, 0) is 32.9 Å². The van der Waals surface area contributed by atoms with E-state index in [-0.39, 0.29) is 0 Å². The fourth-order valence-corrected chi connectivity index (χ4v) is 2.25. The summed E-state index contributed by atoms with van der Waals surface area (Å²) < 4.78 is 40.0. The number of carbonyl (C=O) groups excluding carboxylic acids is 1. The highest BCUT2D eigenvalue weighted by molar-refractivity contribution is 5.85. The second-order valence-corrected chi connectivity index (χ2v) is 5.27. The molecule has 2 aromatic heterocycles. The molecular weight excluding hydrogens is 321 g/mol. The number of imidazole rings is 1. The SMILES string of the molecule is C/C=C(\C=C/c1nc(-c2n[nH]c(C)c2C=O)n(C)c1C)C(F)(F)F. The molecule has 0 unspecified atom stereocenters. The number of allylic oxidation sites excluding steroid dienone is 3. The van der Waals surface area contributed by atoms with Gasteiger partial charge in [0.1, 0.15) is 5.69 Å². The summed E-state index contributed by atoms with van der Waals surface area (Å²) in [6.45, 7) is 4.77. The van der Waals surface area contributed by atoms with Gasteiger partial charge in [0.05, 0.1) is 16.8 Å². The number of H-pyrrole nitrogens is 1. The molecule has 0 saturated carbocycles. The molecule has 2 rings (SSSR count). The number of nitrogens with one attached hydrogen (secondary N) is 1. The molecule has 0 aliphatic carbocycles. The first-order valence-corrected chi connectivity index (χ1v) is 7.16. The fourth-order valence-electron chi connectivity index (χ4n) is 2.25. The topological polar surface area (TPSA) is 63.6 Å². The average Bonchev–Trinajstić information content (AvgIpc) is 3.00. The second-order valence-electron chi connectivity index (χ2n) is 5.27. The van der Waals surface area contributed by atoms with Crippen molar-refractivity contribution in [3.63, 3.8) is 0 Å². The Morgan fingerprint density at radius 1 is 1.29 bits per heavy atom. The first kappa shape index (κ1) is 17.7. The lowest BCUT2D eigenvalue weighted by molar-refractivity contribution is -0.0882. The van der Waals surface area contributed by atoms with Gasteiger partial charge in [0.15, 0.2) is 12.1 Å². The molecule has 8 heteroatoms. The molecule has 128 valence electrons. The molecule has 2 aromatic rings. The van der Waals surface area contributed by atoms with Gasteiger partial charge in [-0.15, -0.1) is 0 Å². The third-order valence-corrected chi connectivity index (χ3v) is 3.80. The Labute approximate surface area is 136 Å². The highest BCUT2D eigenvalue weighted by atomic mass is 19.4. The van der Waals surface area contributed by atoms with Crippen LogP contribution in [0.2, 0.25) is 0 Å². The summed E-state index contributed by atoms with van der Waals surface area (Å²) in [5, 5.41) is 6.78. The molecule has 0 fully saturated rings. The molecule has 1 N–H and O–H groups in total. The minimum atomic E-state index is -4.42. The van der Waals surface area contributed by atoms with Gasteiger partial charge in [-0.1, -0.05) is 6.08 Å². The summed E-state index contributed by atoms with van der Waals surface area (Å²) in [5.74, 6) is 0.410. The lowest BCUT2D eigenvalue weighted by Crippen LogP contribution is -2.09. The van der Waals surface area contributed by atoms with E-state index in [0.717, 1.165) is 12.2 Å². The van der Waals surface area contributed by atoms with Crippen molar-refractivity contribution in [2.24, 2.45) is 7.05 Å². The predicted molar refractivity (Wildman–Crippen MR) is 84.5 cm³/mol. The molecule has 0 amide bonds. The predicted octanol–water partition coefficient (Wildman–Crippen LogP) is 3.76. The zero-order chi connectivity index (χ0) is 18.1. The lowest BCUT2D eigenvalue weighted by Gasteiger charge is -2.05. The number of aldehydes is 1. The van der Waals surface area contributed by atoms with Gasteiger partial charge >= 0.3 is 6.18 Å². The number of aryl methyl sites for hydroxylation is 1. The van der Waals surface area contributed by atoms with Crippen LogP contribution in [0.1, 0.15) is 34.4 Å². The maximum atomic E-state index is 12.8. The highest BCUT2D eigenvalue weighted by Crippen LogP contribution is 2.28. The number of hydrogen-bond acceptors (Lipinski definition) is 3. The zero-order valence-electron chi connectivity index (χ0n) is 13.7. The molecule has 24 heavy (non-hydrogen) atoms. The first-order chi connectivity index (χ1) is 11.2. The molecule has 0 aliphatic heterocycles. The van der Waals surface area contributed by atoms with E-state index in [1.165, 1.54) is 13.0 Å². The average molecular weight is 338 g/mol. The molecule has 0 aromatic carbocycles. The number of rotatable bonds is 4. The van der Waals surface area contributed by atoms with Crippen LogP contribution in [-0.2, 0) is 7.05 Å². The van der Waals surface area contributed by atoms with E-state index in [1.807, 2.05) is 0 Å². The van der Waals surface area contributed by atoms with Crippen LogP contribution in [0.4, 0.5) is 13.2 Å². The van der Waals surface area contributed by atoms with Crippen LogP contribution in [0, 0.1) is 13.8 Å². The van der Waals surface area contributed by atoms with Crippen molar-refractivity contribution >= 4 is 12.4 Å². The number of carbonyl (C=O) groups is 1. The zero-order valence-corrected chi connectivity index (χ0v) is 13.7. The highest BCUT2D eigenvalue weighted by Gasteiger charge is 2.31. The summed E-state index contributed by atoms with van der Waals surface area (Å²) in [7, 11) is 1.72. The number of hydrogen-bond donors (Lipinski definition) is 1. The summed E-state index contributed by atoms with van der Waals surface area (Å²) >= 11 is 0. The van der Waals surface area contributed by atoms with E-state index in [2.05, 4.69) is 15.2 Å². The largest absolute Gasteiger partial charge is 0.416 e. The number of aromatic nitrogens is 4. The van der Waals surface area contributed by atoms with Gasteiger partial charge in [0, 0.05) is 18.4 Å². The van der Waals surface area contributed by atoms with Crippen molar-refractivity contribution in [1.82, 2.24) is 19.7 Å². The molecule has 0 radical (unpaired) electrons. The molecule has 2 heterocycles. The van der Waals surface area contributed by atoms with Crippen molar-refractivity contribution in [3.8, 4) is 11.5 Å². The number of nitrogens with zero attached hydrogens (tertiary/aromatic N) is 3. The lowest BCUT2D eigenvalue weighted by atomic mass is 10.2. The van der Waals surface area contributed by atoms with Crippen molar-refractivity contribution in [2.75, 3.05) is 0 Å². The van der Waals surface area contributed by atoms with E-state index in [0.29, 0.717) is 40.4 Å². The Balaban J connectivity index is 2.48. The Kier molecular flexibility index (Phi) is 4.77. The van der Waals surface area contributed by atoms with Gasteiger partial charge in [0.25, 0.3) is 0 Å².